The van der Waals surface area contributed by atoms with E-state index in [9.17, 15) is 4.79 Å². The Hall–Kier alpha value is -3.04. The van der Waals surface area contributed by atoms with Gasteiger partial charge >= 0.3 is 6.03 Å². The minimum absolute atomic E-state index is 0.00670. The number of rotatable bonds is 5. The molecule has 1 aliphatic carbocycles. The highest BCUT2D eigenvalue weighted by atomic mass is 32.2. The van der Waals surface area contributed by atoms with Crippen LogP contribution >= 0.6 is 11.8 Å². The van der Waals surface area contributed by atoms with Gasteiger partial charge in [0, 0.05) is 36.8 Å². The molecule has 3 N–H and O–H groups in total. The molecule has 1 saturated carbocycles. The zero-order valence-corrected chi connectivity index (χ0v) is 19.5. The first-order valence-corrected chi connectivity index (χ1v) is 12.2. The fourth-order valence-electron chi connectivity index (χ4n) is 5.39. The van der Waals surface area contributed by atoms with E-state index in [1.54, 1.807) is 5.01 Å². The van der Waals surface area contributed by atoms with Crippen molar-refractivity contribution in [3.05, 3.63) is 59.8 Å². The van der Waals surface area contributed by atoms with Crippen LogP contribution in [0, 0.1) is 0 Å². The SMILES string of the molecule is CNc1cccc(CC2=NC3C(CC4NN(Cc5cccc6[nH]ncc56)C(=O)N(C)C43)S2)c1. The minimum Gasteiger partial charge on any atom is -0.388 e. The molecule has 8 nitrogen and oxygen atoms in total. The summed E-state index contributed by atoms with van der Waals surface area (Å²) in [5.41, 5.74) is 7.96. The number of carbonyl (C=O) groups is 1. The van der Waals surface area contributed by atoms with Crippen molar-refractivity contribution in [1.82, 2.24) is 25.5 Å². The van der Waals surface area contributed by atoms with Crippen LogP contribution in [0.5, 0.6) is 0 Å². The van der Waals surface area contributed by atoms with Crippen molar-refractivity contribution in [2.75, 3.05) is 19.4 Å². The molecule has 6 rings (SSSR count). The molecular weight excluding hydrogens is 434 g/mol. The summed E-state index contributed by atoms with van der Waals surface area (Å²) in [5.74, 6) is 0. The van der Waals surface area contributed by atoms with Crippen molar-refractivity contribution in [3.63, 3.8) is 0 Å². The molecule has 3 heterocycles. The second-order valence-corrected chi connectivity index (χ2v) is 10.3. The molecule has 9 heteroatoms. The molecule has 1 saturated heterocycles. The lowest BCUT2D eigenvalue weighted by Crippen LogP contribution is -2.66. The summed E-state index contributed by atoms with van der Waals surface area (Å²) in [6.45, 7) is 0.502. The largest absolute Gasteiger partial charge is 0.388 e. The highest BCUT2D eigenvalue weighted by Gasteiger charge is 2.53. The van der Waals surface area contributed by atoms with Crippen molar-refractivity contribution in [2.45, 2.75) is 42.8 Å². The number of fused-ring (bicyclic) bond motifs is 4. The van der Waals surface area contributed by atoms with E-state index in [1.807, 2.05) is 49.1 Å². The number of anilines is 1. The number of carbonyl (C=O) groups excluding carboxylic acids is 1. The minimum atomic E-state index is -0.00670. The van der Waals surface area contributed by atoms with Gasteiger partial charge in [0.15, 0.2) is 0 Å². The van der Waals surface area contributed by atoms with E-state index >= 15 is 0 Å². The molecule has 2 aliphatic heterocycles. The average Bonchev–Trinajstić information content (AvgIpc) is 3.52. The number of hydrogen-bond donors (Lipinski definition) is 3. The lowest BCUT2D eigenvalue weighted by molar-refractivity contribution is 0.0564. The number of aromatic amines is 1. The Morgan fingerprint density at radius 3 is 3.00 bits per heavy atom. The van der Waals surface area contributed by atoms with Crippen molar-refractivity contribution in [3.8, 4) is 0 Å². The van der Waals surface area contributed by atoms with E-state index in [-0.39, 0.29) is 24.2 Å². The molecule has 3 aromatic rings. The zero-order valence-electron chi connectivity index (χ0n) is 18.7. The fraction of sp³-hybridized carbons (Fsp3) is 0.375. The van der Waals surface area contributed by atoms with Gasteiger partial charge in [0.05, 0.1) is 41.4 Å². The average molecular weight is 462 g/mol. The van der Waals surface area contributed by atoms with E-state index in [1.165, 1.54) is 10.6 Å². The second-order valence-electron chi connectivity index (χ2n) is 8.99. The van der Waals surface area contributed by atoms with Gasteiger partial charge in [0.1, 0.15) is 0 Å². The van der Waals surface area contributed by atoms with Gasteiger partial charge in [-0.25, -0.2) is 10.2 Å². The molecule has 2 fully saturated rings. The Balaban J connectivity index is 1.18. The summed E-state index contributed by atoms with van der Waals surface area (Å²) in [4.78, 5) is 20.3. The first-order valence-electron chi connectivity index (χ1n) is 11.3. The topological polar surface area (TPSA) is 88.6 Å². The lowest BCUT2D eigenvalue weighted by Gasteiger charge is -2.43. The van der Waals surface area contributed by atoms with Gasteiger partial charge in [-0.1, -0.05) is 24.3 Å². The number of H-pyrrole nitrogens is 1. The van der Waals surface area contributed by atoms with Crippen LogP contribution in [0.2, 0.25) is 0 Å². The number of aromatic nitrogens is 2. The summed E-state index contributed by atoms with van der Waals surface area (Å²) in [6, 6.07) is 14.9. The molecule has 0 radical (unpaired) electrons. The Kier molecular flexibility index (Phi) is 5.03. The second kappa shape index (κ2) is 8.07. The summed E-state index contributed by atoms with van der Waals surface area (Å²) in [7, 11) is 3.86. The van der Waals surface area contributed by atoms with Crippen LogP contribution in [-0.4, -0.2) is 68.7 Å². The van der Waals surface area contributed by atoms with Crippen LogP contribution in [0.1, 0.15) is 17.5 Å². The van der Waals surface area contributed by atoms with E-state index in [0.717, 1.165) is 35.0 Å². The number of urea groups is 1. The number of aliphatic imine (C=N–C) groups is 1. The van der Waals surface area contributed by atoms with Crippen molar-refractivity contribution in [1.29, 1.82) is 0 Å². The lowest BCUT2D eigenvalue weighted by atomic mass is 10.1. The van der Waals surface area contributed by atoms with E-state index < -0.39 is 0 Å². The van der Waals surface area contributed by atoms with Crippen LogP contribution < -0.4 is 10.7 Å². The number of likely N-dealkylation sites (N-methyl/N-ethyl adjacent to an activating group) is 1. The van der Waals surface area contributed by atoms with Crippen molar-refractivity contribution < 1.29 is 4.79 Å². The third kappa shape index (κ3) is 3.55. The monoisotopic (exact) mass is 461 g/mol. The summed E-state index contributed by atoms with van der Waals surface area (Å²) in [6.07, 6.45) is 3.66. The van der Waals surface area contributed by atoms with Gasteiger partial charge in [-0.3, -0.25) is 15.1 Å². The third-order valence-electron chi connectivity index (χ3n) is 6.99. The van der Waals surface area contributed by atoms with E-state index in [4.69, 9.17) is 4.99 Å². The van der Waals surface area contributed by atoms with E-state index in [0.29, 0.717) is 11.8 Å². The highest BCUT2D eigenvalue weighted by molar-refractivity contribution is 8.14. The van der Waals surface area contributed by atoms with Crippen molar-refractivity contribution in [2.24, 2.45) is 4.99 Å². The molecular formula is C24H27N7OS. The van der Waals surface area contributed by atoms with Crippen LogP contribution in [-0.2, 0) is 13.0 Å². The molecule has 1 aromatic heterocycles. The molecule has 0 spiro atoms. The van der Waals surface area contributed by atoms with Crippen LogP contribution in [0.15, 0.2) is 53.7 Å². The van der Waals surface area contributed by atoms with Gasteiger partial charge in [-0.05, 0) is 35.7 Å². The maximum Gasteiger partial charge on any atom is 0.334 e. The normalized spacial score (nSPS) is 26.5. The van der Waals surface area contributed by atoms with Gasteiger partial charge in [0.25, 0.3) is 0 Å². The number of hydrazine groups is 1. The van der Waals surface area contributed by atoms with Crippen LogP contribution in [0.25, 0.3) is 10.9 Å². The smallest absolute Gasteiger partial charge is 0.334 e. The Morgan fingerprint density at radius 1 is 1.24 bits per heavy atom. The number of nitrogens with one attached hydrogen (secondary N) is 3. The quantitative estimate of drug-likeness (QED) is 0.543. The molecule has 2 aromatic carbocycles. The fourth-order valence-corrected chi connectivity index (χ4v) is 6.83. The van der Waals surface area contributed by atoms with Gasteiger partial charge in [-0.15, -0.1) is 11.8 Å². The molecule has 4 unspecified atom stereocenters. The number of nitrogens with zero attached hydrogens (tertiary/aromatic N) is 4. The first kappa shape index (κ1) is 20.6. The standard InChI is InChI=1S/C24H27N7OS/c1-25-16-7-3-5-14(9-16)10-21-27-22-20(33-21)11-19-23(22)30(2)24(32)31(29-19)13-15-6-4-8-18-17(15)12-26-28-18/h3-9,12,19-20,22-23,25,29H,10-11,13H2,1-2H3,(H,26,28). The number of amides is 2. The van der Waals surface area contributed by atoms with E-state index in [2.05, 4.69) is 51.3 Å². The van der Waals surface area contributed by atoms with Gasteiger partial charge in [0.2, 0.25) is 0 Å². The number of benzene rings is 2. The van der Waals surface area contributed by atoms with Crippen LogP contribution in [0.4, 0.5) is 10.5 Å². The Labute approximate surface area is 196 Å². The highest BCUT2D eigenvalue weighted by Crippen LogP contribution is 2.43. The molecule has 2 amide bonds. The zero-order chi connectivity index (χ0) is 22.5. The van der Waals surface area contributed by atoms with Gasteiger partial charge < -0.3 is 10.2 Å². The molecule has 170 valence electrons. The Bertz CT molecular complexity index is 1240. The summed E-state index contributed by atoms with van der Waals surface area (Å²) < 4.78 is 0. The van der Waals surface area contributed by atoms with Gasteiger partial charge in [-0.2, -0.15) is 5.10 Å². The first-order chi connectivity index (χ1) is 16.1. The van der Waals surface area contributed by atoms with Crippen LogP contribution in [0.3, 0.4) is 0 Å². The predicted molar refractivity (Wildman–Crippen MR) is 132 cm³/mol. The number of thioether (sulfide) groups is 1. The molecule has 3 aliphatic rings. The maximum absolute atomic E-state index is 13.3. The summed E-state index contributed by atoms with van der Waals surface area (Å²) in [5, 5.41) is 14.7. The molecule has 33 heavy (non-hydrogen) atoms. The molecule has 0 bridgehead atoms. The predicted octanol–water partition coefficient (Wildman–Crippen LogP) is 3.24. The summed E-state index contributed by atoms with van der Waals surface area (Å²) >= 11 is 1.89. The molecule has 4 atom stereocenters. The number of hydrogen-bond acceptors (Lipinski definition) is 6. The Morgan fingerprint density at radius 2 is 2.12 bits per heavy atom. The van der Waals surface area contributed by atoms with Crippen molar-refractivity contribution >= 4 is 39.4 Å². The maximum atomic E-state index is 13.3. The third-order valence-corrected chi connectivity index (χ3v) is 8.28.